The Hall–Kier alpha value is -2.25. The van der Waals surface area contributed by atoms with Crippen molar-refractivity contribution in [3.63, 3.8) is 0 Å². The minimum Gasteiger partial charge on any atom is -0.315 e. The first-order valence-corrected chi connectivity index (χ1v) is 11.2. The van der Waals surface area contributed by atoms with E-state index in [0.29, 0.717) is 17.7 Å². The molecule has 2 aromatic heterocycles. The van der Waals surface area contributed by atoms with E-state index < -0.39 is 0 Å². The molecule has 0 unspecified atom stereocenters. The molecule has 1 aliphatic heterocycles. The standard InChI is InChI=1S/C21H19N3O2S2/c1-11-22-20(19-14-4-3-5-17(14)28-21(19)23-11)27-10-16(25)12-6-7-15-13(8-12)9-18(26)24(15)2/h6-8H,3-5,9-10H2,1-2H3. The molecular formula is C21H19N3O2S2. The molecule has 0 N–H and O–H groups in total. The number of carbonyl (C=O) groups excluding carboxylic acids is 2. The van der Waals surface area contributed by atoms with E-state index in [4.69, 9.17) is 0 Å². The molecule has 0 spiro atoms. The van der Waals surface area contributed by atoms with Gasteiger partial charge in [-0.3, -0.25) is 9.59 Å². The van der Waals surface area contributed by atoms with E-state index in [9.17, 15) is 9.59 Å². The first-order valence-electron chi connectivity index (χ1n) is 9.35. The number of likely N-dealkylation sites (N-methyl/N-ethyl adjacent to an activating group) is 1. The fourth-order valence-corrected chi connectivity index (χ4v) is 6.40. The van der Waals surface area contributed by atoms with Crippen molar-refractivity contribution in [3.05, 3.63) is 45.6 Å². The number of benzene rings is 1. The van der Waals surface area contributed by atoms with Crippen LogP contribution < -0.4 is 4.90 Å². The lowest BCUT2D eigenvalue weighted by Gasteiger charge is -2.10. The zero-order valence-electron chi connectivity index (χ0n) is 15.7. The monoisotopic (exact) mass is 409 g/mol. The van der Waals surface area contributed by atoms with Crippen LogP contribution in [0.1, 0.15) is 38.6 Å². The van der Waals surface area contributed by atoms with E-state index in [-0.39, 0.29) is 11.7 Å². The Morgan fingerprint density at radius 1 is 1.29 bits per heavy atom. The molecule has 28 heavy (non-hydrogen) atoms. The van der Waals surface area contributed by atoms with Gasteiger partial charge in [-0.25, -0.2) is 9.97 Å². The largest absolute Gasteiger partial charge is 0.315 e. The maximum absolute atomic E-state index is 12.8. The number of rotatable bonds is 4. The fraction of sp³-hybridized carbons (Fsp3) is 0.333. The van der Waals surface area contributed by atoms with Crippen LogP contribution in [0.25, 0.3) is 10.2 Å². The number of carbonyl (C=O) groups is 2. The van der Waals surface area contributed by atoms with Gasteiger partial charge >= 0.3 is 0 Å². The highest BCUT2D eigenvalue weighted by molar-refractivity contribution is 8.00. The molecule has 3 heterocycles. The molecule has 0 saturated heterocycles. The molecule has 1 aromatic carbocycles. The highest BCUT2D eigenvalue weighted by atomic mass is 32.2. The summed E-state index contributed by atoms with van der Waals surface area (Å²) in [5, 5.41) is 2.08. The van der Waals surface area contributed by atoms with Crippen LogP contribution in [-0.4, -0.2) is 34.5 Å². The molecule has 2 aliphatic rings. The minimum absolute atomic E-state index is 0.0612. The van der Waals surface area contributed by atoms with Crippen LogP contribution >= 0.6 is 23.1 Å². The van der Waals surface area contributed by atoms with Gasteiger partial charge in [0.25, 0.3) is 0 Å². The van der Waals surface area contributed by atoms with Gasteiger partial charge in [-0.1, -0.05) is 11.8 Å². The summed E-state index contributed by atoms with van der Waals surface area (Å²) < 4.78 is 0. The molecule has 3 aromatic rings. The van der Waals surface area contributed by atoms with Crippen molar-refractivity contribution in [1.29, 1.82) is 0 Å². The van der Waals surface area contributed by atoms with Crippen LogP contribution in [0.4, 0.5) is 5.69 Å². The second kappa shape index (κ2) is 6.67. The fourth-order valence-electron chi connectivity index (χ4n) is 4.03. The Labute approximate surface area is 171 Å². The average molecular weight is 410 g/mol. The Kier molecular flexibility index (Phi) is 4.25. The topological polar surface area (TPSA) is 63.2 Å². The Balaban J connectivity index is 1.41. The summed E-state index contributed by atoms with van der Waals surface area (Å²) in [7, 11) is 1.77. The van der Waals surface area contributed by atoms with Gasteiger partial charge in [-0.05, 0) is 55.5 Å². The summed E-state index contributed by atoms with van der Waals surface area (Å²) in [5.41, 5.74) is 3.87. The third kappa shape index (κ3) is 2.84. The van der Waals surface area contributed by atoms with Gasteiger partial charge in [0, 0.05) is 28.6 Å². The average Bonchev–Trinajstić information content (AvgIpc) is 3.32. The third-order valence-corrected chi connectivity index (χ3v) is 7.62. The van der Waals surface area contributed by atoms with Gasteiger partial charge in [0.05, 0.1) is 12.2 Å². The number of aryl methyl sites for hydroxylation is 3. The van der Waals surface area contributed by atoms with E-state index in [2.05, 4.69) is 9.97 Å². The van der Waals surface area contributed by atoms with Crippen molar-refractivity contribution >= 4 is 50.7 Å². The predicted molar refractivity (Wildman–Crippen MR) is 113 cm³/mol. The molecular weight excluding hydrogens is 390 g/mol. The lowest BCUT2D eigenvalue weighted by atomic mass is 10.1. The molecule has 7 heteroatoms. The van der Waals surface area contributed by atoms with Gasteiger partial charge in [-0.2, -0.15) is 0 Å². The summed E-state index contributed by atoms with van der Waals surface area (Å²) in [4.78, 5) is 38.1. The molecule has 142 valence electrons. The van der Waals surface area contributed by atoms with E-state index in [1.807, 2.05) is 25.1 Å². The van der Waals surface area contributed by atoms with Crippen LogP contribution in [-0.2, 0) is 24.1 Å². The number of ketones is 1. The number of aromatic nitrogens is 2. The maximum Gasteiger partial charge on any atom is 0.231 e. The van der Waals surface area contributed by atoms with E-state index >= 15 is 0 Å². The number of hydrogen-bond donors (Lipinski definition) is 0. The zero-order valence-corrected chi connectivity index (χ0v) is 17.4. The van der Waals surface area contributed by atoms with Crippen LogP contribution in [0.2, 0.25) is 0 Å². The van der Waals surface area contributed by atoms with Crippen molar-refractivity contribution in [2.24, 2.45) is 0 Å². The number of nitrogens with zero attached hydrogens (tertiary/aromatic N) is 3. The van der Waals surface area contributed by atoms with Gasteiger partial charge < -0.3 is 4.90 Å². The summed E-state index contributed by atoms with van der Waals surface area (Å²) >= 11 is 3.27. The molecule has 1 aliphatic carbocycles. The van der Waals surface area contributed by atoms with E-state index in [0.717, 1.165) is 45.2 Å². The zero-order chi connectivity index (χ0) is 19.4. The quantitative estimate of drug-likeness (QED) is 0.370. The van der Waals surface area contributed by atoms with Crippen molar-refractivity contribution in [2.45, 2.75) is 37.6 Å². The van der Waals surface area contributed by atoms with Crippen LogP contribution in [0.15, 0.2) is 23.2 Å². The number of fused-ring (bicyclic) bond motifs is 4. The van der Waals surface area contributed by atoms with E-state index in [1.54, 1.807) is 23.3 Å². The second-order valence-electron chi connectivity index (χ2n) is 7.30. The second-order valence-corrected chi connectivity index (χ2v) is 9.35. The van der Waals surface area contributed by atoms with Gasteiger partial charge in [0.15, 0.2) is 5.78 Å². The molecule has 1 amide bonds. The first-order chi connectivity index (χ1) is 13.5. The summed E-state index contributed by atoms with van der Waals surface area (Å²) in [6, 6.07) is 5.56. The summed E-state index contributed by atoms with van der Waals surface area (Å²) in [6.45, 7) is 1.91. The van der Waals surface area contributed by atoms with Gasteiger partial charge in [-0.15, -0.1) is 11.3 Å². The van der Waals surface area contributed by atoms with Crippen molar-refractivity contribution in [1.82, 2.24) is 9.97 Å². The van der Waals surface area contributed by atoms with Gasteiger partial charge in [0.2, 0.25) is 5.91 Å². The number of hydrogen-bond acceptors (Lipinski definition) is 6. The molecule has 0 bridgehead atoms. The van der Waals surface area contributed by atoms with Crippen molar-refractivity contribution in [2.75, 3.05) is 17.7 Å². The predicted octanol–water partition coefficient (Wildman–Crippen LogP) is 3.98. The maximum atomic E-state index is 12.8. The van der Waals surface area contributed by atoms with Gasteiger partial charge in [0.1, 0.15) is 15.7 Å². The van der Waals surface area contributed by atoms with Crippen LogP contribution in [0.5, 0.6) is 0 Å². The van der Waals surface area contributed by atoms with Crippen LogP contribution in [0.3, 0.4) is 0 Å². The number of Topliss-reactive ketones (excluding diaryl/α,β-unsaturated/α-hetero) is 1. The first kappa shape index (κ1) is 17.8. The Bertz CT molecular complexity index is 1150. The summed E-state index contributed by atoms with van der Waals surface area (Å²) in [6.07, 6.45) is 3.76. The number of thioether (sulfide) groups is 1. The van der Waals surface area contributed by atoms with Crippen LogP contribution in [0, 0.1) is 6.92 Å². The van der Waals surface area contributed by atoms with Crippen molar-refractivity contribution < 1.29 is 9.59 Å². The lowest BCUT2D eigenvalue weighted by Crippen LogP contribution is -2.20. The molecule has 5 nitrogen and oxygen atoms in total. The molecule has 0 radical (unpaired) electrons. The third-order valence-electron chi connectivity index (χ3n) is 5.46. The molecule has 0 fully saturated rings. The minimum atomic E-state index is 0.0612. The Morgan fingerprint density at radius 3 is 3.00 bits per heavy atom. The summed E-state index contributed by atoms with van der Waals surface area (Å²) in [5.74, 6) is 1.21. The van der Waals surface area contributed by atoms with Crippen molar-refractivity contribution in [3.8, 4) is 0 Å². The normalized spacial score (nSPS) is 15.4. The Morgan fingerprint density at radius 2 is 2.14 bits per heavy atom. The highest BCUT2D eigenvalue weighted by Crippen LogP contribution is 2.40. The number of thiophene rings is 1. The molecule has 0 atom stereocenters. The SMILES string of the molecule is Cc1nc(SCC(=O)c2ccc3c(c2)CC(=O)N3C)c2c3c(sc2n1)CCC3. The van der Waals surface area contributed by atoms with E-state index in [1.165, 1.54) is 28.6 Å². The highest BCUT2D eigenvalue weighted by Gasteiger charge is 2.25. The molecule has 0 saturated carbocycles. The molecule has 5 rings (SSSR count). The number of anilines is 1. The number of amides is 1. The smallest absolute Gasteiger partial charge is 0.231 e. The lowest BCUT2D eigenvalue weighted by molar-refractivity contribution is -0.117.